The van der Waals surface area contributed by atoms with Crippen LogP contribution in [-0.2, 0) is 6.18 Å². The minimum atomic E-state index is -4.49. The molecule has 2 atom stereocenters. The van der Waals surface area contributed by atoms with E-state index in [0.29, 0.717) is 12.1 Å². The second-order valence-corrected chi connectivity index (χ2v) is 5.99. The molecule has 0 aromatic heterocycles. The zero-order valence-corrected chi connectivity index (χ0v) is 13.1. The Morgan fingerprint density at radius 2 is 1.95 bits per heavy atom. The van der Waals surface area contributed by atoms with Gasteiger partial charge in [0, 0.05) is 12.6 Å². The Morgan fingerprint density at radius 3 is 2.45 bits per heavy atom. The van der Waals surface area contributed by atoms with Crippen molar-refractivity contribution in [3.63, 3.8) is 0 Å². The molecule has 1 aliphatic heterocycles. The summed E-state index contributed by atoms with van der Waals surface area (Å²) in [6, 6.07) is 3.14. The lowest BCUT2D eigenvalue weighted by molar-refractivity contribution is -0.137. The van der Waals surface area contributed by atoms with E-state index in [0.717, 1.165) is 32.0 Å². The van der Waals surface area contributed by atoms with Crippen molar-refractivity contribution in [2.45, 2.75) is 31.2 Å². The molecule has 0 spiro atoms. The maximum absolute atomic E-state index is 12.7. The van der Waals surface area contributed by atoms with Gasteiger partial charge >= 0.3 is 6.18 Å². The van der Waals surface area contributed by atoms with E-state index in [2.05, 4.69) is 10.2 Å². The van der Waals surface area contributed by atoms with Gasteiger partial charge in [-0.15, -0.1) is 0 Å². The standard InChI is InChI=1S/C15H20ClF3N2O/c1-20-13(9-21-6-2-3-7-21)14(22)10-4-5-11(12(16)8-10)15(17,18)19/h4-5,8,13-14,20,22H,2-3,6-7,9H2,1H3. The highest BCUT2D eigenvalue weighted by molar-refractivity contribution is 6.31. The van der Waals surface area contributed by atoms with Crippen molar-refractivity contribution < 1.29 is 18.3 Å². The van der Waals surface area contributed by atoms with Crippen molar-refractivity contribution in [2.75, 3.05) is 26.7 Å². The van der Waals surface area contributed by atoms with Gasteiger partial charge in [0.25, 0.3) is 0 Å². The number of nitrogens with one attached hydrogen (secondary N) is 1. The van der Waals surface area contributed by atoms with Gasteiger partial charge in [0.1, 0.15) is 0 Å². The van der Waals surface area contributed by atoms with E-state index in [1.54, 1.807) is 7.05 Å². The molecule has 124 valence electrons. The molecule has 0 radical (unpaired) electrons. The molecule has 22 heavy (non-hydrogen) atoms. The van der Waals surface area contributed by atoms with Crippen molar-refractivity contribution in [1.82, 2.24) is 10.2 Å². The lowest BCUT2D eigenvalue weighted by atomic mass is 10.00. The number of nitrogens with zero attached hydrogens (tertiary/aromatic N) is 1. The van der Waals surface area contributed by atoms with Crippen LogP contribution in [0.25, 0.3) is 0 Å². The highest BCUT2D eigenvalue weighted by atomic mass is 35.5. The topological polar surface area (TPSA) is 35.5 Å². The van der Waals surface area contributed by atoms with Crippen LogP contribution in [0.4, 0.5) is 13.2 Å². The molecule has 1 saturated heterocycles. The zero-order chi connectivity index (χ0) is 16.3. The number of aliphatic hydroxyl groups is 1. The van der Waals surface area contributed by atoms with Crippen LogP contribution in [0.5, 0.6) is 0 Å². The van der Waals surface area contributed by atoms with Crippen LogP contribution in [0.3, 0.4) is 0 Å². The van der Waals surface area contributed by atoms with Gasteiger partial charge in [0.2, 0.25) is 0 Å². The number of alkyl halides is 3. The van der Waals surface area contributed by atoms with Crippen LogP contribution in [0.2, 0.25) is 5.02 Å². The van der Waals surface area contributed by atoms with Crippen molar-refractivity contribution in [2.24, 2.45) is 0 Å². The molecule has 2 N–H and O–H groups in total. The Kier molecular flexibility index (Phi) is 5.71. The van der Waals surface area contributed by atoms with Crippen molar-refractivity contribution in [3.8, 4) is 0 Å². The molecule has 3 nitrogen and oxygen atoms in total. The van der Waals surface area contributed by atoms with Crippen molar-refractivity contribution in [3.05, 3.63) is 34.3 Å². The predicted octanol–water partition coefficient (Wildman–Crippen LogP) is 3.08. The fraction of sp³-hybridized carbons (Fsp3) is 0.600. The second-order valence-electron chi connectivity index (χ2n) is 5.58. The number of likely N-dealkylation sites (N-methyl/N-ethyl adjacent to an activating group) is 1. The van der Waals surface area contributed by atoms with Crippen LogP contribution in [0.15, 0.2) is 18.2 Å². The Hall–Kier alpha value is -0.820. The molecule has 1 aromatic carbocycles. The summed E-state index contributed by atoms with van der Waals surface area (Å²) in [4.78, 5) is 2.23. The first-order chi connectivity index (χ1) is 10.3. The SMILES string of the molecule is CNC(CN1CCCC1)C(O)c1ccc(C(F)(F)F)c(Cl)c1. The highest BCUT2D eigenvalue weighted by Crippen LogP contribution is 2.36. The summed E-state index contributed by atoms with van der Waals surface area (Å²) in [5.74, 6) is 0. The maximum Gasteiger partial charge on any atom is 0.417 e. The first-order valence-corrected chi connectivity index (χ1v) is 7.65. The largest absolute Gasteiger partial charge is 0.417 e. The molecule has 7 heteroatoms. The van der Waals surface area contributed by atoms with Crippen LogP contribution < -0.4 is 5.32 Å². The van der Waals surface area contributed by atoms with E-state index >= 15 is 0 Å². The average Bonchev–Trinajstić information content (AvgIpc) is 2.95. The summed E-state index contributed by atoms with van der Waals surface area (Å²) >= 11 is 5.71. The third-order valence-electron chi connectivity index (χ3n) is 4.05. The minimum absolute atomic E-state index is 0.258. The molecule has 1 aliphatic rings. The first kappa shape index (κ1) is 17.5. The lowest BCUT2D eigenvalue weighted by Gasteiger charge is -2.27. The molecule has 2 unspecified atom stereocenters. The van der Waals surface area contributed by atoms with Gasteiger partial charge in [-0.1, -0.05) is 17.7 Å². The van der Waals surface area contributed by atoms with E-state index in [1.165, 1.54) is 12.1 Å². The van der Waals surface area contributed by atoms with E-state index in [4.69, 9.17) is 11.6 Å². The molecule has 2 rings (SSSR count). The smallest absolute Gasteiger partial charge is 0.387 e. The number of aliphatic hydroxyl groups excluding tert-OH is 1. The van der Waals surface area contributed by atoms with E-state index in [1.807, 2.05) is 0 Å². The van der Waals surface area contributed by atoms with E-state index < -0.39 is 17.8 Å². The van der Waals surface area contributed by atoms with Gasteiger partial charge in [0.15, 0.2) is 0 Å². The number of hydrogen-bond donors (Lipinski definition) is 2. The third-order valence-corrected chi connectivity index (χ3v) is 4.36. The number of benzene rings is 1. The predicted molar refractivity (Wildman–Crippen MR) is 79.9 cm³/mol. The van der Waals surface area contributed by atoms with Gasteiger partial charge in [0.05, 0.1) is 16.7 Å². The molecular formula is C15H20ClF3N2O. The number of hydrogen-bond acceptors (Lipinski definition) is 3. The Morgan fingerprint density at radius 1 is 1.32 bits per heavy atom. The normalized spacial score (nSPS) is 19.4. The first-order valence-electron chi connectivity index (χ1n) is 7.27. The molecule has 0 bridgehead atoms. The molecular weight excluding hydrogens is 317 g/mol. The quantitative estimate of drug-likeness (QED) is 0.867. The monoisotopic (exact) mass is 336 g/mol. The maximum atomic E-state index is 12.7. The molecule has 1 fully saturated rings. The number of likely N-dealkylation sites (tertiary alicyclic amines) is 1. The Bertz CT molecular complexity index is 504. The van der Waals surface area contributed by atoms with E-state index in [-0.39, 0.29) is 11.1 Å². The van der Waals surface area contributed by atoms with Crippen molar-refractivity contribution in [1.29, 1.82) is 0 Å². The fourth-order valence-electron chi connectivity index (χ4n) is 2.77. The fourth-order valence-corrected chi connectivity index (χ4v) is 3.07. The van der Waals surface area contributed by atoms with Gasteiger partial charge in [-0.25, -0.2) is 0 Å². The summed E-state index contributed by atoms with van der Waals surface area (Å²) in [6.45, 7) is 2.62. The Labute approximate surface area is 133 Å². The third kappa shape index (κ3) is 4.13. The van der Waals surface area contributed by atoms with Gasteiger partial charge < -0.3 is 15.3 Å². The lowest BCUT2D eigenvalue weighted by Crippen LogP contribution is -2.42. The van der Waals surface area contributed by atoms with Crippen LogP contribution in [0, 0.1) is 0 Å². The van der Waals surface area contributed by atoms with E-state index in [9.17, 15) is 18.3 Å². The van der Waals surface area contributed by atoms with Crippen molar-refractivity contribution >= 4 is 11.6 Å². The number of halogens is 4. The summed E-state index contributed by atoms with van der Waals surface area (Å²) in [5, 5.41) is 13.1. The van der Waals surface area contributed by atoms with Crippen LogP contribution >= 0.6 is 11.6 Å². The molecule has 1 heterocycles. The highest BCUT2D eigenvalue weighted by Gasteiger charge is 2.34. The second kappa shape index (κ2) is 7.17. The Balaban J connectivity index is 2.13. The zero-order valence-electron chi connectivity index (χ0n) is 12.3. The molecule has 0 saturated carbocycles. The van der Waals surface area contributed by atoms with Gasteiger partial charge in [-0.05, 0) is 50.7 Å². The van der Waals surface area contributed by atoms with Crippen LogP contribution in [0.1, 0.15) is 30.1 Å². The molecule has 0 aliphatic carbocycles. The molecule has 0 amide bonds. The van der Waals surface area contributed by atoms with Gasteiger partial charge in [-0.3, -0.25) is 0 Å². The van der Waals surface area contributed by atoms with Gasteiger partial charge in [-0.2, -0.15) is 13.2 Å². The average molecular weight is 337 g/mol. The summed E-state index contributed by atoms with van der Waals surface area (Å²) in [7, 11) is 1.73. The minimum Gasteiger partial charge on any atom is -0.387 e. The molecule has 1 aromatic rings. The summed E-state index contributed by atoms with van der Waals surface area (Å²) < 4.78 is 38.1. The van der Waals surface area contributed by atoms with Crippen LogP contribution in [-0.4, -0.2) is 42.7 Å². The summed E-state index contributed by atoms with van der Waals surface area (Å²) in [6.07, 6.45) is -3.12. The summed E-state index contributed by atoms with van der Waals surface area (Å²) in [5.41, 5.74) is -0.498. The number of rotatable bonds is 5.